The predicted octanol–water partition coefficient (Wildman–Crippen LogP) is 5.51. The second-order valence-electron chi connectivity index (χ2n) is 6.06. The van der Waals surface area contributed by atoms with Crippen molar-refractivity contribution >= 4 is 23.3 Å². The fraction of sp³-hybridized carbons (Fsp3) is 0.263. The Morgan fingerprint density at radius 2 is 1.67 bits per heavy atom. The minimum atomic E-state index is -4.63. The van der Waals surface area contributed by atoms with Crippen molar-refractivity contribution < 1.29 is 31.9 Å². The fourth-order valence-electron chi connectivity index (χ4n) is 2.63. The van der Waals surface area contributed by atoms with Crippen LogP contribution < -0.4 is 4.74 Å². The van der Waals surface area contributed by atoms with Crippen molar-refractivity contribution in [2.24, 2.45) is 0 Å². The highest BCUT2D eigenvalue weighted by atomic mass is 32.2. The number of Topliss-reactive ketones (excluding diaryl/α,β-unsaturated/α-hetero) is 2. The van der Waals surface area contributed by atoms with Gasteiger partial charge in [0.25, 0.3) is 0 Å². The van der Waals surface area contributed by atoms with Crippen LogP contribution in [0.3, 0.4) is 0 Å². The van der Waals surface area contributed by atoms with Crippen molar-refractivity contribution in [2.75, 3.05) is 0 Å². The summed E-state index contributed by atoms with van der Waals surface area (Å²) in [6.07, 6.45) is -4.79. The van der Waals surface area contributed by atoms with E-state index in [1.807, 2.05) is 0 Å². The molecule has 0 aromatic heterocycles. The first-order valence-electron chi connectivity index (χ1n) is 8.00. The number of rotatable bonds is 5. The second-order valence-corrected chi connectivity index (χ2v) is 7.22. The van der Waals surface area contributed by atoms with Crippen LogP contribution in [-0.4, -0.2) is 22.9 Å². The molecule has 142 valence electrons. The van der Waals surface area contributed by atoms with E-state index in [0.29, 0.717) is 5.56 Å². The lowest BCUT2D eigenvalue weighted by molar-refractivity contribution is -0.273. The summed E-state index contributed by atoms with van der Waals surface area (Å²) >= 11 is -0.352. The summed E-state index contributed by atoms with van der Waals surface area (Å²) in [6, 6.07) is 10.3. The lowest BCUT2D eigenvalue weighted by atomic mass is 9.99. The standard InChI is InChI=1S/C19H14F4O3S/c1-11-4-2-3-5-13(11)15(25)8-7-14(24)12-6-9-16-17(10-12)27-19(22,23)18(20,21)26-16/h2-6,9-10H,7-8H2,1H3. The molecule has 0 unspecified atom stereocenters. The van der Waals surface area contributed by atoms with Gasteiger partial charge in [-0.3, -0.25) is 9.59 Å². The van der Waals surface area contributed by atoms with Gasteiger partial charge in [0.1, 0.15) is 5.75 Å². The molecule has 1 heterocycles. The Morgan fingerprint density at radius 1 is 1.00 bits per heavy atom. The maximum absolute atomic E-state index is 13.4. The molecule has 0 bridgehead atoms. The van der Waals surface area contributed by atoms with Gasteiger partial charge < -0.3 is 4.74 Å². The molecule has 1 aliphatic rings. The smallest absolute Gasteiger partial charge is 0.426 e. The molecule has 0 N–H and O–H groups in total. The average Bonchev–Trinajstić information content (AvgIpc) is 2.60. The molecular formula is C19H14F4O3S. The van der Waals surface area contributed by atoms with Crippen LogP contribution in [0.15, 0.2) is 47.4 Å². The van der Waals surface area contributed by atoms with Crippen LogP contribution in [-0.2, 0) is 0 Å². The van der Waals surface area contributed by atoms with E-state index in [0.717, 1.165) is 17.7 Å². The third kappa shape index (κ3) is 3.85. The molecule has 0 saturated heterocycles. The van der Waals surface area contributed by atoms with Gasteiger partial charge in [0.05, 0.1) is 4.90 Å². The van der Waals surface area contributed by atoms with E-state index in [1.54, 1.807) is 31.2 Å². The maximum atomic E-state index is 13.4. The van der Waals surface area contributed by atoms with Crippen LogP contribution >= 0.6 is 11.8 Å². The fourth-order valence-corrected chi connectivity index (χ4v) is 3.47. The number of ether oxygens (including phenoxy) is 1. The first-order chi connectivity index (χ1) is 12.6. The SMILES string of the molecule is Cc1ccccc1C(=O)CCC(=O)c1ccc2c(c1)SC(F)(F)C(F)(F)O2. The monoisotopic (exact) mass is 398 g/mol. The molecule has 0 saturated carbocycles. The number of benzene rings is 2. The van der Waals surface area contributed by atoms with Crippen molar-refractivity contribution in [3.8, 4) is 5.75 Å². The van der Waals surface area contributed by atoms with Crippen LogP contribution in [0.1, 0.15) is 39.1 Å². The van der Waals surface area contributed by atoms with E-state index in [9.17, 15) is 27.2 Å². The van der Waals surface area contributed by atoms with Crippen LogP contribution in [0.5, 0.6) is 5.75 Å². The zero-order valence-electron chi connectivity index (χ0n) is 14.1. The molecule has 2 aromatic carbocycles. The van der Waals surface area contributed by atoms with E-state index in [1.165, 1.54) is 6.07 Å². The predicted molar refractivity (Wildman–Crippen MR) is 91.9 cm³/mol. The van der Waals surface area contributed by atoms with Crippen molar-refractivity contribution in [1.29, 1.82) is 0 Å². The number of hydrogen-bond donors (Lipinski definition) is 0. The number of alkyl halides is 4. The van der Waals surface area contributed by atoms with E-state index < -0.39 is 22.9 Å². The van der Waals surface area contributed by atoms with Gasteiger partial charge in [-0.15, -0.1) is 0 Å². The molecule has 0 spiro atoms. The second kappa shape index (κ2) is 6.99. The summed E-state index contributed by atoms with van der Waals surface area (Å²) in [5, 5.41) is -4.44. The normalized spacial score (nSPS) is 16.9. The maximum Gasteiger partial charge on any atom is 0.475 e. The van der Waals surface area contributed by atoms with Crippen molar-refractivity contribution in [2.45, 2.75) is 36.0 Å². The van der Waals surface area contributed by atoms with Gasteiger partial charge in [-0.2, -0.15) is 17.6 Å². The minimum Gasteiger partial charge on any atom is -0.426 e. The molecule has 2 aromatic rings. The molecule has 3 nitrogen and oxygen atoms in total. The Morgan fingerprint density at radius 3 is 2.37 bits per heavy atom. The molecule has 0 fully saturated rings. The highest BCUT2D eigenvalue weighted by molar-refractivity contribution is 8.00. The van der Waals surface area contributed by atoms with Gasteiger partial charge >= 0.3 is 11.4 Å². The van der Waals surface area contributed by atoms with Gasteiger partial charge in [-0.25, -0.2) is 0 Å². The number of fused-ring (bicyclic) bond motifs is 1. The molecule has 0 aliphatic carbocycles. The number of ketones is 2. The number of carbonyl (C=O) groups excluding carboxylic acids is 2. The van der Waals surface area contributed by atoms with E-state index in [4.69, 9.17) is 0 Å². The van der Waals surface area contributed by atoms with Crippen LogP contribution in [0, 0.1) is 6.92 Å². The highest BCUT2D eigenvalue weighted by Crippen LogP contribution is 2.54. The van der Waals surface area contributed by atoms with Gasteiger partial charge in [0.15, 0.2) is 11.6 Å². The number of halogens is 4. The zero-order chi connectivity index (χ0) is 19.8. The van der Waals surface area contributed by atoms with E-state index in [2.05, 4.69) is 4.74 Å². The minimum absolute atomic E-state index is 0.0430. The molecular weight excluding hydrogens is 384 g/mol. The molecule has 0 radical (unpaired) electrons. The number of carbonyl (C=O) groups is 2. The molecule has 1 aliphatic heterocycles. The Balaban J connectivity index is 1.72. The Bertz CT molecular complexity index is 912. The Hall–Kier alpha value is -2.35. The zero-order valence-corrected chi connectivity index (χ0v) is 14.9. The Kier molecular flexibility index (Phi) is 5.03. The third-order valence-corrected chi connectivity index (χ3v) is 5.14. The number of hydrogen-bond acceptors (Lipinski definition) is 4. The number of aryl methyl sites for hydroxylation is 1. The summed E-state index contributed by atoms with van der Waals surface area (Å²) in [4.78, 5) is 24.3. The largest absolute Gasteiger partial charge is 0.475 e. The summed E-state index contributed by atoms with van der Waals surface area (Å²) in [5.41, 5.74) is 1.37. The van der Waals surface area contributed by atoms with E-state index >= 15 is 0 Å². The van der Waals surface area contributed by atoms with Crippen LogP contribution in [0.2, 0.25) is 0 Å². The van der Waals surface area contributed by atoms with Crippen LogP contribution in [0.4, 0.5) is 17.6 Å². The topological polar surface area (TPSA) is 43.4 Å². The van der Waals surface area contributed by atoms with E-state index in [-0.39, 0.29) is 40.8 Å². The first-order valence-corrected chi connectivity index (χ1v) is 8.82. The quantitative estimate of drug-likeness (QED) is 0.492. The van der Waals surface area contributed by atoms with Crippen molar-refractivity contribution in [3.05, 3.63) is 59.2 Å². The Labute approximate surface area is 156 Å². The summed E-state index contributed by atoms with van der Waals surface area (Å²) in [7, 11) is 0. The molecule has 0 amide bonds. The third-order valence-electron chi connectivity index (χ3n) is 4.11. The number of thioether (sulfide) groups is 1. The summed E-state index contributed by atoms with van der Waals surface area (Å²) in [5.74, 6) is -1.06. The van der Waals surface area contributed by atoms with Gasteiger partial charge in [-0.1, -0.05) is 24.3 Å². The van der Waals surface area contributed by atoms with Gasteiger partial charge in [-0.05, 0) is 42.4 Å². The summed E-state index contributed by atoms with van der Waals surface area (Å²) in [6.45, 7) is 1.78. The van der Waals surface area contributed by atoms with Crippen LogP contribution in [0.25, 0.3) is 0 Å². The highest BCUT2D eigenvalue weighted by Gasteiger charge is 2.63. The van der Waals surface area contributed by atoms with Gasteiger partial charge in [0.2, 0.25) is 0 Å². The average molecular weight is 398 g/mol. The molecule has 8 heteroatoms. The molecule has 3 rings (SSSR count). The molecule has 27 heavy (non-hydrogen) atoms. The first kappa shape index (κ1) is 19.4. The molecule has 0 atom stereocenters. The lowest BCUT2D eigenvalue weighted by Crippen LogP contribution is -2.45. The van der Waals surface area contributed by atoms with Crippen molar-refractivity contribution in [3.63, 3.8) is 0 Å². The lowest BCUT2D eigenvalue weighted by Gasteiger charge is -2.31. The van der Waals surface area contributed by atoms with Crippen molar-refractivity contribution in [1.82, 2.24) is 0 Å². The van der Waals surface area contributed by atoms with Gasteiger partial charge in [0, 0.05) is 24.0 Å². The summed E-state index contributed by atoms with van der Waals surface area (Å²) < 4.78 is 57.4.